The second-order valence-corrected chi connectivity index (χ2v) is 7.44. The average Bonchev–Trinajstić information content (AvgIpc) is 3.10. The van der Waals surface area contributed by atoms with Crippen LogP contribution in [-0.4, -0.2) is 39.5 Å². The van der Waals surface area contributed by atoms with Crippen molar-refractivity contribution in [3.05, 3.63) is 76.3 Å². The number of carbonyl (C=O) groups excluding carboxylic acids is 1. The highest BCUT2D eigenvalue weighted by molar-refractivity contribution is 5.85. The summed E-state index contributed by atoms with van der Waals surface area (Å²) in [7, 11) is 0. The normalized spacial score (nSPS) is 18.6. The molecule has 2 N–H and O–H groups in total. The lowest BCUT2D eigenvalue weighted by Gasteiger charge is -2.17. The molecule has 1 aliphatic rings. The standard InChI is InChI=1S/C22H24N4O2.ClH/c1-15-6-5-9-17-21(15)24-14-25(22(17)28)11-10-20(27)26-12-18(19(23)13-26)16-7-3-2-4-8-16;/h2-9,14,18-19H,10-13,23H2,1H3;1H/t18-,19+;/m0./s1. The van der Waals surface area contributed by atoms with E-state index in [9.17, 15) is 9.59 Å². The molecule has 4 rings (SSSR count). The highest BCUT2D eigenvalue weighted by Crippen LogP contribution is 2.26. The predicted molar refractivity (Wildman–Crippen MR) is 116 cm³/mol. The van der Waals surface area contributed by atoms with E-state index < -0.39 is 0 Å². The Morgan fingerprint density at radius 3 is 2.66 bits per heavy atom. The van der Waals surface area contributed by atoms with Gasteiger partial charge in [-0.3, -0.25) is 14.2 Å². The summed E-state index contributed by atoms with van der Waals surface area (Å²) >= 11 is 0. The number of aromatic nitrogens is 2. The summed E-state index contributed by atoms with van der Waals surface area (Å²) in [6.07, 6.45) is 1.79. The van der Waals surface area contributed by atoms with Crippen molar-refractivity contribution in [3.8, 4) is 0 Å². The highest BCUT2D eigenvalue weighted by Gasteiger charge is 2.33. The van der Waals surface area contributed by atoms with Gasteiger partial charge in [0.05, 0.1) is 17.2 Å². The number of nitrogens with two attached hydrogens (primary N) is 1. The molecule has 0 bridgehead atoms. The van der Waals surface area contributed by atoms with Crippen molar-refractivity contribution < 1.29 is 4.79 Å². The molecule has 1 fully saturated rings. The van der Waals surface area contributed by atoms with Gasteiger partial charge in [-0.1, -0.05) is 42.5 Å². The first-order valence-electron chi connectivity index (χ1n) is 9.57. The molecule has 0 aliphatic carbocycles. The number of para-hydroxylation sites is 1. The molecule has 1 amide bonds. The van der Waals surface area contributed by atoms with E-state index in [0.29, 0.717) is 30.5 Å². The van der Waals surface area contributed by atoms with Crippen molar-refractivity contribution in [1.29, 1.82) is 0 Å². The summed E-state index contributed by atoms with van der Waals surface area (Å²) in [6, 6.07) is 15.6. The van der Waals surface area contributed by atoms with Crippen molar-refractivity contribution in [2.75, 3.05) is 13.1 Å². The second kappa shape index (κ2) is 8.76. The van der Waals surface area contributed by atoms with Crippen LogP contribution in [0.2, 0.25) is 0 Å². The molecule has 3 aromatic rings. The number of hydrogen-bond donors (Lipinski definition) is 1. The summed E-state index contributed by atoms with van der Waals surface area (Å²) in [4.78, 5) is 31.6. The van der Waals surface area contributed by atoms with Crippen LogP contribution in [0.4, 0.5) is 0 Å². The summed E-state index contributed by atoms with van der Waals surface area (Å²) in [6.45, 7) is 3.41. The minimum absolute atomic E-state index is 0. The van der Waals surface area contributed by atoms with E-state index in [2.05, 4.69) is 17.1 Å². The third kappa shape index (κ3) is 4.18. The zero-order valence-corrected chi connectivity index (χ0v) is 17.1. The van der Waals surface area contributed by atoms with Crippen LogP contribution < -0.4 is 11.3 Å². The smallest absolute Gasteiger partial charge is 0.261 e. The molecule has 0 saturated carbocycles. The SMILES string of the molecule is Cc1cccc2c(=O)n(CCC(=O)N3C[C@@H](N)[C@H](c4ccccc4)C3)cnc12.Cl. The maximum absolute atomic E-state index is 12.7. The van der Waals surface area contributed by atoms with Gasteiger partial charge in [-0.15, -0.1) is 12.4 Å². The van der Waals surface area contributed by atoms with Crippen LogP contribution >= 0.6 is 12.4 Å². The van der Waals surface area contributed by atoms with E-state index in [1.54, 1.807) is 6.07 Å². The summed E-state index contributed by atoms with van der Waals surface area (Å²) in [5, 5.41) is 0.585. The zero-order valence-electron chi connectivity index (χ0n) is 16.3. The van der Waals surface area contributed by atoms with Crippen LogP contribution in [0.3, 0.4) is 0 Å². The van der Waals surface area contributed by atoms with Gasteiger partial charge >= 0.3 is 0 Å². The fourth-order valence-corrected chi connectivity index (χ4v) is 3.96. The molecule has 2 heterocycles. The summed E-state index contributed by atoms with van der Waals surface area (Å²) in [5.41, 5.74) is 9.02. The van der Waals surface area contributed by atoms with E-state index >= 15 is 0 Å². The van der Waals surface area contributed by atoms with E-state index in [1.807, 2.05) is 42.2 Å². The zero-order chi connectivity index (χ0) is 19.7. The van der Waals surface area contributed by atoms with Crippen molar-refractivity contribution in [2.24, 2.45) is 5.73 Å². The van der Waals surface area contributed by atoms with Gasteiger partial charge in [-0.05, 0) is 24.1 Å². The molecule has 29 heavy (non-hydrogen) atoms. The van der Waals surface area contributed by atoms with Crippen molar-refractivity contribution >= 4 is 29.2 Å². The Bertz CT molecular complexity index is 1070. The van der Waals surface area contributed by atoms with Crippen molar-refractivity contribution in [1.82, 2.24) is 14.5 Å². The summed E-state index contributed by atoms with van der Waals surface area (Å²) < 4.78 is 1.52. The maximum Gasteiger partial charge on any atom is 0.261 e. The van der Waals surface area contributed by atoms with Crippen LogP contribution in [-0.2, 0) is 11.3 Å². The Labute approximate surface area is 175 Å². The van der Waals surface area contributed by atoms with Gasteiger partial charge in [-0.2, -0.15) is 0 Å². The van der Waals surface area contributed by atoms with Crippen LogP contribution in [0.25, 0.3) is 10.9 Å². The number of benzene rings is 2. The molecule has 0 unspecified atom stereocenters. The Morgan fingerprint density at radius 1 is 1.14 bits per heavy atom. The van der Waals surface area contributed by atoms with E-state index in [4.69, 9.17) is 5.73 Å². The number of fused-ring (bicyclic) bond motifs is 1. The number of nitrogens with zero attached hydrogens (tertiary/aromatic N) is 3. The number of hydrogen-bond acceptors (Lipinski definition) is 4. The fourth-order valence-electron chi connectivity index (χ4n) is 3.96. The Kier molecular flexibility index (Phi) is 6.35. The number of rotatable bonds is 4. The molecule has 1 aliphatic heterocycles. The Balaban J connectivity index is 0.00000240. The number of likely N-dealkylation sites (tertiary alicyclic amines) is 1. The molecule has 6 nitrogen and oxygen atoms in total. The highest BCUT2D eigenvalue weighted by atomic mass is 35.5. The molecule has 0 radical (unpaired) electrons. The minimum Gasteiger partial charge on any atom is -0.340 e. The fraction of sp³-hybridized carbons (Fsp3) is 0.318. The summed E-state index contributed by atoms with van der Waals surface area (Å²) in [5.74, 6) is 0.170. The van der Waals surface area contributed by atoms with Crippen molar-refractivity contribution in [3.63, 3.8) is 0 Å². The topological polar surface area (TPSA) is 81.2 Å². The van der Waals surface area contributed by atoms with E-state index in [0.717, 1.165) is 11.1 Å². The number of halogens is 1. The van der Waals surface area contributed by atoms with Gasteiger partial charge in [0.2, 0.25) is 5.91 Å². The van der Waals surface area contributed by atoms with Gasteiger partial charge < -0.3 is 10.6 Å². The third-order valence-corrected chi connectivity index (χ3v) is 5.57. The second-order valence-electron chi connectivity index (χ2n) is 7.44. The molecule has 0 spiro atoms. The maximum atomic E-state index is 12.7. The van der Waals surface area contributed by atoms with E-state index in [1.165, 1.54) is 10.9 Å². The number of amides is 1. The largest absolute Gasteiger partial charge is 0.340 e. The van der Waals surface area contributed by atoms with E-state index in [-0.39, 0.29) is 42.3 Å². The quantitative estimate of drug-likeness (QED) is 0.713. The molecule has 1 saturated heterocycles. The van der Waals surface area contributed by atoms with Crippen molar-refractivity contribution in [2.45, 2.75) is 31.8 Å². The first-order valence-corrected chi connectivity index (χ1v) is 9.57. The average molecular weight is 413 g/mol. The number of aryl methyl sites for hydroxylation is 2. The van der Waals surface area contributed by atoms with Gasteiger partial charge in [0.1, 0.15) is 0 Å². The Hall–Kier alpha value is -2.70. The van der Waals surface area contributed by atoms with Crippen LogP contribution in [0.1, 0.15) is 23.5 Å². The minimum atomic E-state index is -0.109. The molecule has 1 aromatic heterocycles. The molecular weight excluding hydrogens is 388 g/mol. The van der Waals surface area contributed by atoms with Crippen LogP contribution in [0, 0.1) is 6.92 Å². The van der Waals surface area contributed by atoms with Crippen LogP contribution in [0.15, 0.2) is 59.7 Å². The predicted octanol–water partition coefficient (Wildman–Crippen LogP) is 2.47. The van der Waals surface area contributed by atoms with Gasteiger partial charge in [0.25, 0.3) is 5.56 Å². The van der Waals surface area contributed by atoms with Crippen LogP contribution in [0.5, 0.6) is 0 Å². The first kappa shape index (κ1) is 21.0. The molecular formula is C22H25ClN4O2. The Morgan fingerprint density at radius 2 is 1.90 bits per heavy atom. The molecule has 152 valence electrons. The molecule has 2 aromatic carbocycles. The van der Waals surface area contributed by atoms with Gasteiger partial charge in [0, 0.05) is 38.0 Å². The lowest BCUT2D eigenvalue weighted by atomic mass is 9.95. The monoisotopic (exact) mass is 412 g/mol. The lowest BCUT2D eigenvalue weighted by molar-refractivity contribution is -0.130. The van der Waals surface area contributed by atoms with Gasteiger partial charge in [0.15, 0.2) is 0 Å². The molecule has 7 heteroatoms. The third-order valence-electron chi connectivity index (χ3n) is 5.57. The molecule has 2 atom stereocenters. The number of carbonyl (C=O) groups is 1. The first-order chi connectivity index (χ1) is 13.5. The van der Waals surface area contributed by atoms with Gasteiger partial charge in [-0.25, -0.2) is 4.98 Å². The lowest BCUT2D eigenvalue weighted by Crippen LogP contribution is -2.33.